The number of likely N-dealkylation sites (tertiary alicyclic amines) is 1. The zero-order valence-corrected chi connectivity index (χ0v) is 25.3. The first-order valence-corrected chi connectivity index (χ1v) is 14.9. The Morgan fingerprint density at radius 2 is 1.60 bits per heavy atom. The maximum Gasteiger partial charge on any atom is 0.434 e. The number of hydrogen-bond acceptors (Lipinski definition) is 9. The standard InChI is InChI=1S/C30H44N6O6/c1-22(41-30(2,3)4)32-12-10-23(11-13-32)20-31-14-19-35-26(21-31)27(37)36(28(35)38)42-29(39)34-17-15-33(16-18-34)24-6-8-25(40-5)9-7-24/h6-9,23,26H,1,10-21H2,2-5H3. The quantitative estimate of drug-likeness (QED) is 0.354. The van der Waals surface area contributed by atoms with E-state index in [2.05, 4.69) is 21.3 Å². The number of imide groups is 1. The van der Waals surface area contributed by atoms with Gasteiger partial charge in [-0.25, -0.2) is 9.59 Å². The Hall–Kier alpha value is -3.67. The number of methoxy groups -OCH3 is 1. The van der Waals surface area contributed by atoms with Crippen molar-refractivity contribution in [1.29, 1.82) is 0 Å². The Bertz CT molecular complexity index is 1150. The second-order valence-corrected chi connectivity index (χ2v) is 12.5. The number of carbonyl (C=O) groups excluding carboxylic acids is 3. The van der Waals surface area contributed by atoms with E-state index in [1.54, 1.807) is 7.11 Å². The number of nitrogens with zero attached hydrogens (tertiary/aromatic N) is 6. The number of piperidine rings is 1. The fraction of sp³-hybridized carbons (Fsp3) is 0.633. The van der Waals surface area contributed by atoms with Gasteiger partial charge < -0.3 is 33.9 Å². The molecule has 4 aliphatic rings. The lowest BCUT2D eigenvalue weighted by Gasteiger charge is -2.40. The van der Waals surface area contributed by atoms with Crippen molar-refractivity contribution in [3.05, 3.63) is 36.7 Å². The molecule has 5 rings (SSSR count). The second-order valence-electron chi connectivity index (χ2n) is 12.5. The van der Waals surface area contributed by atoms with Gasteiger partial charge in [0.25, 0.3) is 5.91 Å². The molecule has 1 aromatic carbocycles. The molecule has 0 aromatic heterocycles. The molecular formula is C30H44N6O6. The molecule has 4 saturated heterocycles. The summed E-state index contributed by atoms with van der Waals surface area (Å²) in [5, 5.41) is 0.672. The van der Waals surface area contributed by atoms with E-state index in [9.17, 15) is 14.4 Å². The highest BCUT2D eigenvalue weighted by atomic mass is 16.7. The van der Waals surface area contributed by atoms with Crippen LogP contribution in [0.3, 0.4) is 0 Å². The van der Waals surface area contributed by atoms with Crippen LogP contribution in [0.4, 0.5) is 15.3 Å². The van der Waals surface area contributed by atoms with Crippen LogP contribution in [0, 0.1) is 5.92 Å². The Morgan fingerprint density at radius 3 is 2.21 bits per heavy atom. The number of ether oxygens (including phenoxy) is 2. The molecule has 1 atom stereocenters. The fourth-order valence-electron chi connectivity index (χ4n) is 6.10. The third kappa shape index (κ3) is 6.69. The molecule has 0 spiro atoms. The maximum absolute atomic E-state index is 13.2. The third-order valence-corrected chi connectivity index (χ3v) is 8.42. The van der Waals surface area contributed by atoms with Crippen molar-refractivity contribution in [1.82, 2.24) is 24.7 Å². The van der Waals surface area contributed by atoms with E-state index in [4.69, 9.17) is 14.3 Å². The van der Waals surface area contributed by atoms with Crippen molar-refractivity contribution in [2.75, 3.05) is 77.5 Å². The van der Waals surface area contributed by atoms with E-state index < -0.39 is 24.1 Å². The van der Waals surface area contributed by atoms with Crippen LogP contribution in [0.1, 0.15) is 33.6 Å². The van der Waals surface area contributed by atoms with Crippen LogP contribution in [0.2, 0.25) is 0 Å². The van der Waals surface area contributed by atoms with E-state index in [1.807, 2.05) is 45.0 Å². The van der Waals surface area contributed by atoms with Crippen molar-refractivity contribution >= 4 is 23.7 Å². The monoisotopic (exact) mass is 584 g/mol. The SMILES string of the molecule is C=C(OC(C)(C)C)N1CCC(CN2CCN3C(=O)N(OC(=O)N4CCN(c5ccc(OC)cc5)CC4)C(=O)C3C2)CC1. The smallest absolute Gasteiger partial charge is 0.434 e. The van der Waals surface area contributed by atoms with Gasteiger partial charge in [-0.2, -0.15) is 0 Å². The van der Waals surface area contributed by atoms with Gasteiger partial charge in [-0.05, 0) is 70.4 Å². The van der Waals surface area contributed by atoms with Crippen molar-refractivity contribution in [2.45, 2.75) is 45.3 Å². The van der Waals surface area contributed by atoms with Crippen LogP contribution in [0.15, 0.2) is 36.7 Å². The van der Waals surface area contributed by atoms with Crippen LogP contribution in [0.25, 0.3) is 0 Å². The molecule has 4 aliphatic heterocycles. The van der Waals surface area contributed by atoms with Crippen LogP contribution in [0.5, 0.6) is 5.75 Å². The summed E-state index contributed by atoms with van der Waals surface area (Å²) in [4.78, 5) is 54.3. The van der Waals surface area contributed by atoms with Gasteiger partial charge in [0.1, 0.15) is 17.4 Å². The first-order chi connectivity index (χ1) is 20.0. The Labute approximate surface area is 248 Å². The number of anilines is 1. The summed E-state index contributed by atoms with van der Waals surface area (Å²) in [6, 6.07) is 6.59. The van der Waals surface area contributed by atoms with Crippen molar-refractivity contribution < 1.29 is 28.7 Å². The lowest BCUT2D eigenvalue weighted by atomic mass is 9.95. The first kappa shape index (κ1) is 29.8. The summed E-state index contributed by atoms with van der Waals surface area (Å²) in [6.07, 6.45) is 1.35. The van der Waals surface area contributed by atoms with Crippen molar-refractivity contribution in [3.63, 3.8) is 0 Å². The predicted octanol–water partition coefficient (Wildman–Crippen LogP) is 2.82. The van der Waals surface area contributed by atoms with E-state index >= 15 is 0 Å². The molecule has 0 N–H and O–H groups in total. The molecule has 1 unspecified atom stereocenters. The van der Waals surface area contributed by atoms with E-state index in [-0.39, 0.29) is 5.60 Å². The van der Waals surface area contributed by atoms with Gasteiger partial charge in [0.15, 0.2) is 5.88 Å². The number of carbonyl (C=O) groups is 3. The van der Waals surface area contributed by atoms with Crippen LogP contribution in [-0.2, 0) is 14.4 Å². The second kappa shape index (κ2) is 12.3. The van der Waals surface area contributed by atoms with Gasteiger partial charge in [-0.1, -0.05) is 5.06 Å². The largest absolute Gasteiger partial charge is 0.497 e. The topological polar surface area (TPSA) is 98.3 Å². The molecule has 4 heterocycles. The van der Waals surface area contributed by atoms with Gasteiger partial charge in [0.2, 0.25) is 0 Å². The van der Waals surface area contributed by atoms with Gasteiger partial charge in [0, 0.05) is 71.1 Å². The summed E-state index contributed by atoms with van der Waals surface area (Å²) in [6.45, 7) is 16.4. The highest BCUT2D eigenvalue weighted by Gasteiger charge is 2.50. The molecule has 0 aliphatic carbocycles. The van der Waals surface area contributed by atoms with Crippen molar-refractivity contribution in [2.24, 2.45) is 5.92 Å². The maximum atomic E-state index is 13.2. The summed E-state index contributed by atoms with van der Waals surface area (Å²) in [5.41, 5.74) is 0.772. The lowest BCUT2D eigenvalue weighted by molar-refractivity contribution is -0.152. The summed E-state index contributed by atoms with van der Waals surface area (Å²) in [5.74, 6) is 1.53. The van der Waals surface area contributed by atoms with E-state index in [1.165, 1.54) is 9.80 Å². The molecule has 0 bridgehead atoms. The Morgan fingerprint density at radius 1 is 0.929 bits per heavy atom. The molecule has 4 amide bonds. The van der Waals surface area contributed by atoms with Gasteiger partial charge in [-0.3, -0.25) is 9.69 Å². The molecule has 0 saturated carbocycles. The minimum Gasteiger partial charge on any atom is -0.497 e. The molecule has 12 heteroatoms. The number of hydroxylamine groups is 2. The average Bonchev–Trinajstić information content (AvgIpc) is 3.21. The highest BCUT2D eigenvalue weighted by molar-refractivity contribution is 6.04. The summed E-state index contributed by atoms with van der Waals surface area (Å²) < 4.78 is 11.2. The van der Waals surface area contributed by atoms with Crippen LogP contribution in [-0.4, -0.2) is 127 Å². The minimum atomic E-state index is -0.674. The van der Waals surface area contributed by atoms with E-state index in [0.29, 0.717) is 56.8 Å². The predicted molar refractivity (Wildman–Crippen MR) is 157 cm³/mol. The average molecular weight is 585 g/mol. The summed E-state index contributed by atoms with van der Waals surface area (Å²) >= 11 is 0. The zero-order chi connectivity index (χ0) is 30.0. The molecule has 42 heavy (non-hydrogen) atoms. The minimum absolute atomic E-state index is 0.270. The number of piperazine rings is 2. The van der Waals surface area contributed by atoms with Crippen molar-refractivity contribution in [3.8, 4) is 5.75 Å². The normalized spacial score (nSPS) is 22.4. The van der Waals surface area contributed by atoms with Gasteiger partial charge in [0.05, 0.1) is 7.11 Å². The zero-order valence-electron chi connectivity index (χ0n) is 25.3. The number of urea groups is 1. The number of hydrogen-bond donors (Lipinski definition) is 0. The third-order valence-electron chi connectivity index (χ3n) is 8.42. The van der Waals surface area contributed by atoms with Crippen LogP contribution < -0.4 is 9.64 Å². The van der Waals surface area contributed by atoms with E-state index in [0.717, 1.165) is 49.8 Å². The first-order valence-electron chi connectivity index (χ1n) is 14.9. The number of benzene rings is 1. The van der Waals surface area contributed by atoms with Gasteiger partial charge >= 0.3 is 12.1 Å². The fourth-order valence-corrected chi connectivity index (χ4v) is 6.10. The molecular weight excluding hydrogens is 540 g/mol. The molecule has 0 radical (unpaired) electrons. The number of fused-ring (bicyclic) bond motifs is 1. The Kier molecular flexibility index (Phi) is 8.72. The Balaban J connectivity index is 1.08. The highest BCUT2D eigenvalue weighted by Crippen LogP contribution is 2.28. The molecule has 230 valence electrons. The summed E-state index contributed by atoms with van der Waals surface area (Å²) in [7, 11) is 1.63. The molecule has 12 nitrogen and oxygen atoms in total. The number of rotatable bonds is 7. The van der Waals surface area contributed by atoms with Crippen LogP contribution >= 0.6 is 0 Å². The van der Waals surface area contributed by atoms with Gasteiger partial charge in [-0.15, -0.1) is 0 Å². The molecule has 1 aromatic rings. The lowest BCUT2D eigenvalue weighted by Crippen LogP contribution is -2.54. The number of amides is 4. The molecule has 4 fully saturated rings.